The molecule has 6 heteroatoms. The standard InChI is InChI=1S/C18H13IN4S/c1-12-2-7-15(8-21-12)23-10-16(17-9-20-11-24-17)22-18(23)13-3-5-14(19)6-4-13/h2-11H,1H3. The van der Waals surface area contributed by atoms with Crippen molar-refractivity contribution in [2.75, 3.05) is 0 Å². The highest BCUT2D eigenvalue weighted by Gasteiger charge is 2.14. The first-order valence-corrected chi connectivity index (χ1v) is 9.34. The number of halogens is 1. The molecule has 0 N–H and O–H groups in total. The average molecular weight is 444 g/mol. The van der Waals surface area contributed by atoms with Crippen LogP contribution in [-0.4, -0.2) is 19.5 Å². The van der Waals surface area contributed by atoms with E-state index in [-0.39, 0.29) is 0 Å². The van der Waals surface area contributed by atoms with Gasteiger partial charge in [-0.15, -0.1) is 11.3 Å². The number of pyridine rings is 1. The van der Waals surface area contributed by atoms with Gasteiger partial charge < -0.3 is 0 Å². The molecular formula is C18H13IN4S. The molecule has 0 aliphatic carbocycles. The van der Waals surface area contributed by atoms with Gasteiger partial charge in [-0.2, -0.15) is 0 Å². The number of aromatic nitrogens is 4. The maximum Gasteiger partial charge on any atom is 0.145 e. The smallest absolute Gasteiger partial charge is 0.145 e. The molecule has 3 aromatic heterocycles. The number of nitrogens with zero attached hydrogens (tertiary/aromatic N) is 4. The summed E-state index contributed by atoms with van der Waals surface area (Å²) < 4.78 is 3.29. The van der Waals surface area contributed by atoms with Gasteiger partial charge in [0, 0.05) is 27.2 Å². The summed E-state index contributed by atoms with van der Waals surface area (Å²) in [6.07, 6.45) is 5.78. The number of hydrogen-bond acceptors (Lipinski definition) is 4. The maximum atomic E-state index is 4.85. The highest BCUT2D eigenvalue weighted by Crippen LogP contribution is 2.29. The topological polar surface area (TPSA) is 43.6 Å². The molecule has 0 amide bonds. The number of imidazole rings is 1. The van der Waals surface area contributed by atoms with Gasteiger partial charge in [-0.3, -0.25) is 14.5 Å². The zero-order chi connectivity index (χ0) is 16.5. The fraction of sp³-hybridized carbons (Fsp3) is 0.0556. The summed E-state index contributed by atoms with van der Waals surface area (Å²) in [6, 6.07) is 12.5. The molecule has 0 saturated heterocycles. The lowest BCUT2D eigenvalue weighted by molar-refractivity contribution is 1.04. The minimum absolute atomic E-state index is 0.903. The lowest BCUT2D eigenvalue weighted by atomic mass is 10.2. The van der Waals surface area contributed by atoms with E-state index >= 15 is 0 Å². The van der Waals surface area contributed by atoms with E-state index in [1.165, 1.54) is 3.57 Å². The van der Waals surface area contributed by atoms with Gasteiger partial charge in [-0.05, 0) is 53.8 Å². The molecule has 0 fully saturated rings. The zero-order valence-electron chi connectivity index (χ0n) is 12.8. The molecule has 4 nitrogen and oxygen atoms in total. The second kappa shape index (κ2) is 6.45. The van der Waals surface area contributed by atoms with Crippen LogP contribution in [0.15, 0.2) is 60.5 Å². The van der Waals surface area contributed by atoms with E-state index in [1.807, 2.05) is 37.1 Å². The molecule has 0 atom stereocenters. The largest absolute Gasteiger partial charge is 0.298 e. The Bertz CT molecular complexity index is 894. The second-order valence-corrected chi connectivity index (χ2v) is 7.48. The lowest BCUT2D eigenvalue weighted by Gasteiger charge is -2.07. The first-order chi connectivity index (χ1) is 11.7. The SMILES string of the molecule is Cc1ccc(-n2cc(-c3cncs3)nc2-c2ccc(I)cc2)cn1. The molecule has 4 rings (SSSR count). The van der Waals surface area contributed by atoms with Crippen molar-refractivity contribution in [3.05, 3.63) is 69.8 Å². The fourth-order valence-corrected chi connectivity index (χ4v) is 3.38. The molecule has 0 unspecified atom stereocenters. The summed E-state index contributed by atoms with van der Waals surface area (Å²) in [5.41, 5.74) is 5.82. The average Bonchev–Trinajstić information content (AvgIpc) is 3.26. The van der Waals surface area contributed by atoms with Gasteiger partial charge in [0.2, 0.25) is 0 Å². The Morgan fingerprint density at radius 2 is 1.88 bits per heavy atom. The Labute approximate surface area is 157 Å². The molecule has 3 heterocycles. The lowest BCUT2D eigenvalue weighted by Crippen LogP contribution is -1.97. The van der Waals surface area contributed by atoms with E-state index in [2.05, 4.69) is 67.5 Å². The summed E-state index contributed by atoms with van der Waals surface area (Å²) >= 11 is 3.90. The first kappa shape index (κ1) is 15.5. The van der Waals surface area contributed by atoms with Gasteiger partial charge in [0.05, 0.1) is 22.3 Å². The summed E-state index contributed by atoms with van der Waals surface area (Å²) in [5.74, 6) is 0.903. The van der Waals surface area contributed by atoms with Crippen LogP contribution in [0.1, 0.15) is 5.69 Å². The predicted molar refractivity (Wildman–Crippen MR) is 105 cm³/mol. The summed E-state index contributed by atoms with van der Waals surface area (Å²) in [6.45, 7) is 1.99. The highest BCUT2D eigenvalue weighted by molar-refractivity contribution is 14.1. The molecule has 0 aliphatic rings. The minimum Gasteiger partial charge on any atom is -0.298 e. The van der Waals surface area contributed by atoms with Gasteiger partial charge in [-0.25, -0.2) is 4.98 Å². The van der Waals surface area contributed by atoms with E-state index in [0.29, 0.717) is 0 Å². The van der Waals surface area contributed by atoms with Crippen molar-refractivity contribution in [3.63, 3.8) is 0 Å². The molecule has 0 spiro atoms. The third-order valence-electron chi connectivity index (χ3n) is 3.67. The Morgan fingerprint density at radius 1 is 1.04 bits per heavy atom. The second-order valence-electron chi connectivity index (χ2n) is 5.35. The van der Waals surface area contributed by atoms with Crippen LogP contribution in [0.25, 0.3) is 27.6 Å². The summed E-state index contributed by atoms with van der Waals surface area (Å²) in [7, 11) is 0. The van der Waals surface area contributed by atoms with Crippen molar-refractivity contribution in [1.29, 1.82) is 0 Å². The van der Waals surface area contributed by atoms with Gasteiger partial charge in [0.15, 0.2) is 0 Å². The molecule has 0 bridgehead atoms. The molecule has 1 aromatic carbocycles. The van der Waals surface area contributed by atoms with E-state index in [9.17, 15) is 0 Å². The Balaban J connectivity index is 1.89. The zero-order valence-corrected chi connectivity index (χ0v) is 15.8. The molecule has 118 valence electrons. The van der Waals surface area contributed by atoms with E-state index < -0.39 is 0 Å². The number of aryl methyl sites for hydroxylation is 1. The minimum atomic E-state index is 0.903. The van der Waals surface area contributed by atoms with Crippen LogP contribution in [0.2, 0.25) is 0 Å². The first-order valence-electron chi connectivity index (χ1n) is 7.38. The monoisotopic (exact) mass is 444 g/mol. The van der Waals surface area contributed by atoms with Crippen molar-refractivity contribution in [2.45, 2.75) is 6.92 Å². The molecule has 4 aromatic rings. The van der Waals surface area contributed by atoms with Crippen LogP contribution in [0.5, 0.6) is 0 Å². The van der Waals surface area contributed by atoms with Crippen LogP contribution < -0.4 is 0 Å². The van der Waals surface area contributed by atoms with E-state index in [1.54, 1.807) is 11.3 Å². The van der Waals surface area contributed by atoms with Crippen LogP contribution in [-0.2, 0) is 0 Å². The normalized spacial score (nSPS) is 10.9. The quantitative estimate of drug-likeness (QED) is 0.419. The number of benzene rings is 1. The molecule has 24 heavy (non-hydrogen) atoms. The van der Waals surface area contributed by atoms with Gasteiger partial charge in [0.25, 0.3) is 0 Å². The number of thiazole rings is 1. The highest BCUT2D eigenvalue weighted by atomic mass is 127. The summed E-state index contributed by atoms with van der Waals surface area (Å²) in [4.78, 5) is 14.5. The Kier molecular flexibility index (Phi) is 4.15. The van der Waals surface area contributed by atoms with E-state index in [4.69, 9.17) is 4.98 Å². The Hall–Kier alpha value is -2.06. The van der Waals surface area contributed by atoms with Gasteiger partial charge in [-0.1, -0.05) is 12.1 Å². The van der Waals surface area contributed by atoms with Crippen molar-refractivity contribution in [2.24, 2.45) is 0 Å². The van der Waals surface area contributed by atoms with Crippen molar-refractivity contribution < 1.29 is 0 Å². The van der Waals surface area contributed by atoms with Crippen molar-refractivity contribution >= 4 is 33.9 Å². The van der Waals surface area contributed by atoms with Crippen LogP contribution in [0.4, 0.5) is 0 Å². The van der Waals surface area contributed by atoms with Crippen LogP contribution in [0.3, 0.4) is 0 Å². The van der Waals surface area contributed by atoms with Crippen molar-refractivity contribution in [1.82, 2.24) is 19.5 Å². The molecule has 0 radical (unpaired) electrons. The molecule has 0 saturated carbocycles. The molecule has 0 aliphatic heterocycles. The fourth-order valence-electron chi connectivity index (χ4n) is 2.44. The van der Waals surface area contributed by atoms with Gasteiger partial charge >= 0.3 is 0 Å². The van der Waals surface area contributed by atoms with Crippen LogP contribution in [0, 0.1) is 10.5 Å². The van der Waals surface area contributed by atoms with E-state index in [0.717, 1.165) is 33.3 Å². The molecular weight excluding hydrogens is 431 g/mol. The summed E-state index contributed by atoms with van der Waals surface area (Å²) in [5, 5.41) is 0. The number of rotatable bonds is 3. The predicted octanol–water partition coefficient (Wildman–Crippen LogP) is 4.97. The van der Waals surface area contributed by atoms with Crippen LogP contribution >= 0.6 is 33.9 Å². The Morgan fingerprint density at radius 3 is 2.54 bits per heavy atom. The number of hydrogen-bond donors (Lipinski definition) is 0. The maximum absolute atomic E-state index is 4.85. The third kappa shape index (κ3) is 2.99. The van der Waals surface area contributed by atoms with Crippen molar-refractivity contribution in [3.8, 4) is 27.6 Å². The van der Waals surface area contributed by atoms with Gasteiger partial charge in [0.1, 0.15) is 11.5 Å². The third-order valence-corrected chi connectivity index (χ3v) is 5.18.